The van der Waals surface area contributed by atoms with Crippen LogP contribution >= 0.6 is 0 Å². The van der Waals surface area contributed by atoms with Crippen LogP contribution in [0.25, 0.3) is 0 Å². The normalized spacial score (nSPS) is 10.6. The Labute approximate surface area is 102 Å². The number of benzene rings is 1. The van der Waals surface area contributed by atoms with Gasteiger partial charge in [-0.25, -0.2) is 0 Å². The molecule has 17 heavy (non-hydrogen) atoms. The zero-order chi connectivity index (χ0) is 12.6. The van der Waals surface area contributed by atoms with Crippen LogP contribution in [0.2, 0.25) is 0 Å². The third-order valence-electron chi connectivity index (χ3n) is 3.06. The SMILES string of the molecule is Cc1ccc(N(C)c2cc(C)c(C)cc2N)o1. The lowest BCUT2D eigenvalue weighted by Crippen LogP contribution is -2.11. The monoisotopic (exact) mass is 230 g/mol. The first-order valence-corrected chi connectivity index (χ1v) is 5.66. The Morgan fingerprint density at radius 2 is 1.71 bits per heavy atom. The highest BCUT2D eigenvalue weighted by molar-refractivity contribution is 5.74. The predicted molar refractivity (Wildman–Crippen MR) is 71.8 cm³/mol. The molecule has 0 spiro atoms. The van der Waals surface area contributed by atoms with E-state index in [1.165, 1.54) is 11.1 Å². The second kappa shape index (κ2) is 4.17. The molecule has 1 heterocycles. The molecule has 0 aliphatic carbocycles. The van der Waals surface area contributed by atoms with Gasteiger partial charge in [0.2, 0.25) is 0 Å². The summed E-state index contributed by atoms with van der Waals surface area (Å²) in [5.74, 6) is 1.70. The van der Waals surface area contributed by atoms with E-state index in [0.29, 0.717) is 0 Å². The highest BCUT2D eigenvalue weighted by Gasteiger charge is 2.11. The molecular weight excluding hydrogens is 212 g/mol. The van der Waals surface area contributed by atoms with E-state index in [1.807, 2.05) is 37.1 Å². The number of nitrogens with zero attached hydrogens (tertiary/aromatic N) is 1. The number of nitrogens with two attached hydrogens (primary N) is 1. The molecule has 2 aromatic rings. The smallest absolute Gasteiger partial charge is 0.199 e. The summed E-state index contributed by atoms with van der Waals surface area (Å²) in [4.78, 5) is 1.97. The number of anilines is 3. The summed E-state index contributed by atoms with van der Waals surface area (Å²) in [6.07, 6.45) is 0. The van der Waals surface area contributed by atoms with Gasteiger partial charge in [-0.2, -0.15) is 0 Å². The van der Waals surface area contributed by atoms with Crippen molar-refractivity contribution in [3.8, 4) is 0 Å². The standard InChI is InChI=1S/C14H18N2O/c1-9-7-12(15)13(8-10(9)2)16(4)14-6-5-11(3)17-14/h5-8H,15H2,1-4H3. The molecule has 0 saturated carbocycles. The van der Waals surface area contributed by atoms with Crippen LogP contribution in [-0.2, 0) is 0 Å². The first-order valence-electron chi connectivity index (χ1n) is 5.66. The molecule has 0 amide bonds. The van der Waals surface area contributed by atoms with Crippen molar-refractivity contribution in [2.45, 2.75) is 20.8 Å². The molecule has 0 fully saturated rings. The summed E-state index contributed by atoms with van der Waals surface area (Å²) >= 11 is 0. The summed E-state index contributed by atoms with van der Waals surface area (Å²) < 4.78 is 5.60. The third-order valence-corrected chi connectivity index (χ3v) is 3.06. The van der Waals surface area contributed by atoms with E-state index in [0.717, 1.165) is 23.0 Å². The number of furan rings is 1. The number of hydrogen-bond acceptors (Lipinski definition) is 3. The Bertz CT molecular complexity index is 543. The van der Waals surface area contributed by atoms with E-state index < -0.39 is 0 Å². The first-order chi connectivity index (χ1) is 7.99. The highest BCUT2D eigenvalue weighted by atomic mass is 16.4. The topological polar surface area (TPSA) is 42.4 Å². The van der Waals surface area contributed by atoms with E-state index >= 15 is 0 Å². The van der Waals surface area contributed by atoms with Crippen molar-refractivity contribution in [1.29, 1.82) is 0 Å². The van der Waals surface area contributed by atoms with Crippen molar-refractivity contribution < 1.29 is 4.42 Å². The molecule has 0 atom stereocenters. The fourth-order valence-corrected chi connectivity index (χ4v) is 1.83. The summed E-state index contributed by atoms with van der Waals surface area (Å²) in [7, 11) is 1.96. The van der Waals surface area contributed by atoms with Gasteiger partial charge in [-0.15, -0.1) is 0 Å². The van der Waals surface area contributed by atoms with E-state index in [-0.39, 0.29) is 0 Å². The molecule has 3 nitrogen and oxygen atoms in total. The molecule has 0 bridgehead atoms. The minimum Gasteiger partial charge on any atom is -0.446 e. The molecule has 0 radical (unpaired) electrons. The highest BCUT2D eigenvalue weighted by Crippen LogP contribution is 2.32. The lowest BCUT2D eigenvalue weighted by Gasteiger charge is -2.19. The van der Waals surface area contributed by atoms with Crippen molar-refractivity contribution in [1.82, 2.24) is 0 Å². The second-order valence-corrected chi connectivity index (χ2v) is 4.44. The van der Waals surface area contributed by atoms with Crippen LogP contribution < -0.4 is 10.6 Å². The fourth-order valence-electron chi connectivity index (χ4n) is 1.83. The molecular formula is C14H18N2O. The molecule has 0 saturated heterocycles. The van der Waals surface area contributed by atoms with Gasteiger partial charge in [0.05, 0.1) is 11.4 Å². The maximum absolute atomic E-state index is 6.05. The Balaban J connectivity index is 2.43. The Kier molecular flexibility index (Phi) is 2.84. The second-order valence-electron chi connectivity index (χ2n) is 4.44. The van der Waals surface area contributed by atoms with Gasteiger partial charge in [0.15, 0.2) is 5.88 Å². The molecule has 0 aliphatic rings. The summed E-state index contributed by atoms with van der Waals surface area (Å²) in [5.41, 5.74) is 10.2. The molecule has 1 aromatic heterocycles. The van der Waals surface area contributed by atoms with Gasteiger partial charge in [0.25, 0.3) is 0 Å². The average molecular weight is 230 g/mol. The van der Waals surface area contributed by atoms with Crippen LogP contribution in [0, 0.1) is 20.8 Å². The van der Waals surface area contributed by atoms with E-state index in [1.54, 1.807) is 0 Å². The number of hydrogen-bond donors (Lipinski definition) is 1. The first kappa shape index (κ1) is 11.6. The van der Waals surface area contributed by atoms with Gasteiger partial charge < -0.3 is 15.1 Å². The summed E-state index contributed by atoms with van der Waals surface area (Å²) in [6.45, 7) is 6.08. The maximum Gasteiger partial charge on any atom is 0.199 e. The molecule has 0 unspecified atom stereocenters. The van der Waals surface area contributed by atoms with Crippen LogP contribution in [0.1, 0.15) is 16.9 Å². The summed E-state index contributed by atoms with van der Waals surface area (Å²) in [5, 5.41) is 0. The van der Waals surface area contributed by atoms with Crippen molar-refractivity contribution in [3.05, 3.63) is 41.2 Å². The quantitative estimate of drug-likeness (QED) is 0.802. The van der Waals surface area contributed by atoms with E-state index in [2.05, 4.69) is 19.9 Å². The average Bonchev–Trinajstić information content (AvgIpc) is 2.69. The molecule has 2 N–H and O–H groups in total. The van der Waals surface area contributed by atoms with Crippen LogP contribution in [-0.4, -0.2) is 7.05 Å². The molecule has 0 aliphatic heterocycles. The van der Waals surface area contributed by atoms with Crippen LogP contribution in [0.3, 0.4) is 0 Å². The Hall–Kier alpha value is -1.90. The molecule has 3 heteroatoms. The molecule has 2 rings (SSSR count). The number of aryl methyl sites for hydroxylation is 3. The minimum atomic E-state index is 0.768. The zero-order valence-corrected chi connectivity index (χ0v) is 10.7. The largest absolute Gasteiger partial charge is 0.446 e. The third kappa shape index (κ3) is 2.13. The van der Waals surface area contributed by atoms with Crippen LogP contribution in [0.15, 0.2) is 28.7 Å². The molecule has 1 aromatic carbocycles. The van der Waals surface area contributed by atoms with Gasteiger partial charge in [-0.05, 0) is 50.1 Å². The van der Waals surface area contributed by atoms with E-state index in [9.17, 15) is 0 Å². The minimum absolute atomic E-state index is 0.768. The number of nitrogen functional groups attached to an aromatic ring is 1. The predicted octanol–water partition coefficient (Wildman–Crippen LogP) is 3.55. The van der Waals surface area contributed by atoms with Gasteiger partial charge in [-0.1, -0.05) is 0 Å². The van der Waals surface area contributed by atoms with Crippen molar-refractivity contribution in [2.24, 2.45) is 0 Å². The Morgan fingerprint density at radius 3 is 2.29 bits per heavy atom. The lowest BCUT2D eigenvalue weighted by atomic mass is 10.1. The number of rotatable bonds is 2. The van der Waals surface area contributed by atoms with Crippen molar-refractivity contribution in [3.63, 3.8) is 0 Å². The van der Waals surface area contributed by atoms with Gasteiger partial charge >= 0.3 is 0 Å². The zero-order valence-electron chi connectivity index (χ0n) is 10.7. The van der Waals surface area contributed by atoms with Gasteiger partial charge in [-0.3, -0.25) is 0 Å². The van der Waals surface area contributed by atoms with Crippen LogP contribution in [0.5, 0.6) is 0 Å². The van der Waals surface area contributed by atoms with Crippen molar-refractivity contribution in [2.75, 3.05) is 17.7 Å². The van der Waals surface area contributed by atoms with Gasteiger partial charge in [0.1, 0.15) is 5.76 Å². The maximum atomic E-state index is 6.05. The molecule has 90 valence electrons. The van der Waals surface area contributed by atoms with Gasteiger partial charge in [0, 0.05) is 13.1 Å². The van der Waals surface area contributed by atoms with E-state index in [4.69, 9.17) is 10.2 Å². The summed E-state index contributed by atoms with van der Waals surface area (Å²) in [6, 6.07) is 7.98. The fraction of sp³-hybridized carbons (Fsp3) is 0.286. The Morgan fingerprint density at radius 1 is 1.06 bits per heavy atom. The van der Waals surface area contributed by atoms with Crippen LogP contribution in [0.4, 0.5) is 17.3 Å². The van der Waals surface area contributed by atoms with Crippen molar-refractivity contribution >= 4 is 17.3 Å². The lowest BCUT2D eigenvalue weighted by molar-refractivity contribution is 0.538.